The molecular weight excluding hydrogens is 348 g/mol. The molecule has 1 heterocycles. The van der Waals surface area contributed by atoms with Crippen molar-refractivity contribution in [2.45, 2.75) is 23.6 Å². The van der Waals surface area contributed by atoms with Gasteiger partial charge in [0.25, 0.3) is 0 Å². The van der Waals surface area contributed by atoms with E-state index in [0.29, 0.717) is 24.1 Å². The lowest BCUT2D eigenvalue weighted by Crippen LogP contribution is -2.41. The minimum absolute atomic E-state index is 0.00299. The molecule has 138 valence electrons. The summed E-state index contributed by atoms with van der Waals surface area (Å²) in [6.07, 6.45) is 0. The number of nitrogens with zero attached hydrogens (tertiary/aromatic N) is 1. The van der Waals surface area contributed by atoms with Gasteiger partial charge in [-0.3, -0.25) is 4.79 Å². The van der Waals surface area contributed by atoms with Crippen LogP contribution >= 0.6 is 11.8 Å². The molecule has 1 aliphatic heterocycles. The lowest BCUT2D eigenvalue weighted by molar-refractivity contribution is -0.119. The van der Waals surface area contributed by atoms with Crippen molar-refractivity contribution >= 4 is 23.4 Å². The zero-order chi connectivity index (χ0) is 18.5. The fraction of sp³-hybridized carbons (Fsp3) is 0.350. The number of fused-ring (bicyclic) bond motifs is 1. The third-order valence-electron chi connectivity index (χ3n) is 4.32. The highest BCUT2D eigenvalue weighted by Gasteiger charge is 2.23. The van der Waals surface area contributed by atoms with Crippen LogP contribution in [0.5, 0.6) is 11.5 Å². The largest absolute Gasteiger partial charge is 0.497 e. The molecule has 0 unspecified atom stereocenters. The van der Waals surface area contributed by atoms with E-state index < -0.39 is 0 Å². The van der Waals surface area contributed by atoms with E-state index in [4.69, 9.17) is 9.47 Å². The molecule has 0 radical (unpaired) electrons. The number of ether oxygens (including phenoxy) is 2. The van der Waals surface area contributed by atoms with Gasteiger partial charge in [-0.1, -0.05) is 19.1 Å². The van der Waals surface area contributed by atoms with Crippen LogP contribution in [0.3, 0.4) is 0 Å². The zero-order valence-electron chi connectivity index (χ0n) is 15.3. The van der Waals surface area contributed by atoms with Crippen molar-refractivity contribution in [3.8, 4) is 11.5 Å². The van der Waals surface area contributed by atoms with Crippen molar-refractivity contribution in [1.82, 2.24) is 5.32 Å². The molecule has 2 aromatic carbocycles. The van der Waals surface area contributed by atoms with Crippen LogP contribution in [-0.4, -0.2) is 38.5 Å². The lowest BCUT2D eigenvalue weighted by atomic mass is 10.2. The van der Waals surface area contributed by atoms with Gasteiger partial charge in [0.05, 0.1) is 26.5 Å². The van der Waals surface area contributed by atoms with E-state index in [0.717, 1.165) is 23.5 Å². The molecule has 1 amide bonds. The highest BCUT2D eigenvalue weighted by Crippen LogP contribution is 2.37. The summed E-state index contributed by atoms with van der Waals surface area (Å²) in [4.78, 5) is 15.9. The van der Waals surface area contributed by atoms with Crippen LogP contribution in [0.2, 0.25) is 0 Å². The number of thioether (sulfide) groups is 1. The van der Waals surface area contributed by atoms with Crippen LogP contribution in [-0.2, 0) is 11.3 Å². The normalized spacial score (nSPS) is 16.0. The Bertz CT molecular complexity index is 781. The van der Waals surface area contributed by atoms with Gasteiger partial charge < -0.3 is 19.7 Å². The molecule has 5 nitrogen and oxygen atoms in total. The monoisotopic (exact) mass is 372 g/mol. The molecule has 3 rings (SSSR count). The minimum atomic E-state index is -0.00299. The summed E-state index contributed by atoms with van der Waals surface area (Å²) in [6, 6.07) is 13.8. The maximum Gasteiger partial charge on any atom is 0.239 e. The second-order valence-electron chi connectivity index (χ2n) is 6.23. The highest BCUT2D eigenvalue weighted by atomic mass is 32.2. The molecule has 0 spiro atoms. The average molecular weight is 372 g/mol. The Hall–Kier alpha value is -2.34. The second kappa shape index (κ2) is 8.36. The molecule has 0 saturated heterocycles. The third kappa shape index (κ3) is 4.25. The van der Waals surface area contributed by atoms with E-state index in [-0.39, 0.29) is 5.91 Å². The maximum atomic E-state index is 12.5. The number of anilines is 1. The van der Waals surface area contributed by atoms with Gasteiger partial charge in [-0.15, -0.1) is 11.8 Å². The number of nitrogens with one attached hydrogen (secondary N) is 1. The third-order valence-corrected chi connectivity index (χ3v) is 5.47. The van der Waals surface area contributed by atoms with E-state index in [1.165, 1.54) is 4.90 Å². The number of hydrogen-bond donors (Lipinski definition) is 1. The van der Waals surface area contributed by atoms with Crippen molar-refractivity contribution < 1.29 is 14.3 Å². The molecule has 0 saturated carbocycles. The van der Waals surface area contributed by atoms with Crippen LogP contribution in [0.1, 0.15) is 12.5 Å². The summed E-state index contributed by atoms with van der Waals surface area (Å²) in [5.74, 6) is 1.43. The van der Waals surface area contributed by atoms with Crippen molar-refractivity contribution in [1.29, 1.82) is 0 Å². The first-order chi connectivity index (χ1) is 12.6. The molecule has 0 bridgehead atoms. The number of hydrogen-bond acceptors (Lipinski definition) is 5. The van der Waals surface area contributed by atoms with Crippen molar-refractivity contribution in [3.63, 3.8) is 0 Å². The van der Waals surface area contributed by atoms with E-state index >= 15 is 0 Å². The number of benzene rings is 2. The summed E-state index contributed by atoms with van der Waals surface area (Å²) < 4.78 is 10.6. The molecule has 1 N–H and O–H groups in total. The Labute approximate surface area is 158 Å². The van der Waals surface area contributed by atoms with E-state index in [1.807, 2.05) is 42.1 Å². The quantitative estimate of drug-likeness (QED) is 0.843. The maximum absolute atomic E-state index is 12.5. The zero-order valence-corrected chi connectivity index (χ0v) is 16.1. The van der Waals surface area contributed by atoms with Crippen molar-refractivity contribution in [2.24, 2.45) is 0 Å². The summed E-state index contributed by atoms with van der Waals surface area (Å²) in [6.45, 7) is 3.82. The molecule has 26 heavy (non-hydrogen) atoms. The molecule has 0 fully saturated rings. The molecular formula is C20H24N2O3S. The van der Waals surface area contributed by atoms with Crippen molar-refractivity contribution in [2.75, 3.05) is 32.2 Å². The van der Waals surface area contributed by atoms with Crippen LogP contribution in [0.25, 0.3) is 0 Å². The fourth-order valence-corrected chi connectivity index (χ4v) is 4.21. The van der Waals surface area contributed by atoms with Gasteiger partial charge >= 0.3 is 0 Å². The summed E-state index contributed by atoms with van der Waals surface area (Å²) >= 11 is 1.86. The van der Waals surface area contributed by atoms with Gasteiger partial charge in [0.2, 0.25) is 5.91 Å². The van der Waals surface area contributed by atoms with Gasteiger partial charge in [-0.05, 0) is 24.3 Å². The van der Waals surface area contributed by atoms with Crippen LogP contribution < -0.4 is 19.7 Å². The topological polar surface area (TPSA) is 50.8 Å². The van der Waals surface area contributed by atoms with Crippen LogP contribution in [0.15, 0.2) is 47.4 Å². The molecule has 6 heteroatoms. The number of methoxy groups -OCH3 is 2. The Morgan fingerprint density at radius 1 is 1.23 bits per heavy atom. The predicted octanol–water partition coefficient (Wildman–Crippen LogP) is 3.32. The molecule has 2 aromatic rings. The first kappa shape index (κ1) is 18.5. The van der Waals surface area contributed by atoms with Gasteiger partial charge in [0.1, 0.15) is 11.5 Å². The number of para-hydroxylation sites is 1. The Balaban J connectivity index is 1.63. The predicted molar refractivity (Wildman–Crippen MR) is 105 cm³/mol. The van der Waals surface area contributed by atoms with Gasteiger partial charge in [-0.2, -0.15) is 0 Å². The summed E-state index contributed by atoms with van der Waals surface area (Å²) in [5.41, 5.74) is 2.05. The standard InChI is InChI=1S/C20H24N2O3S/c1-14-12-22(17-6-4-5-7-19(17)26-14)13-20(23)21-11-15-8-9-16(24-2)10-18(15)25-3/h4-10,14H,11-13H2,1-3H3,(H,21,23)/t14-/m1/s1. The SMILES string of the molecule is COc1ccc(CNC(=O)CN2C[C@@H](C)Sc3ccccc32)c(OC)c1. The number of rotatable bonds is 6. The molecule has 1 atom stereocenters. The fourth-order valence-electron chi connectivity index (χ4n) is 3.05. The first-order valence-electron chi connectivity index (χ1n) is 8.59. The number of carbonyl (C=O) groups is 1. The Kier molecular flexibility index (Phi) is 5.93. The van der Waals surface area contributed by atoms with Crippen LogP contribution in [0.4, 0.5) is 5.69 Å². The van der Waals surface area contributed by atoms with E-state index in [1.54, 1.807) is 14.2 Å². The van der Waals surface area contributed by atoms with Gasteiger partial charge in [0, 0.05) is 34.9 Å². The second-order valence-corrected chi connectivity index (χ2v) is 7.71. The van der Waals surface area contributed by atoms with Gasteiger partial charge in [-0.25, -0.2) is 0 Å². The lowest BCUT2D eigenvalue weighted by Gasteiger charge is -2.33. The number of carbonyl (C=O) groups excluding carboxylic acids is 1. The molecule has 1 aliphatic rings. The highest BCUT2D eigenvalue weighted by molar-refractivity contribution is 8.00. The smallest absolute Gasteiger partial charge is 0.239 e. The van der Waals surface area contributed by atoms with Crippen LogP contribution in [0, 0.1) is 0 Å². The summed E-state index contributed by atoms with van der Waals surface area (Å²) in [7, 11) is 3.23. The van der Waals surface area contributed by atoms with E-state index in [9.17, 15) is 4.79 Å². The van der Waals surface area contributed by atoms with Crippen molar-refractivity contribution in [3.05, 3.63) is 48.0 Å². The summed E-state index contributed by atoms with van der Waals surface area (Å²) in [5, 5.41) is 3.45. The molecule has 0 aromatic heterocycles. The molecule has 0 aliphatic carbocycles. The first-order valence-corrected chi connectivity index (χ1v) is 9.47. The average Bonchev–Trinajstić information content (AvgIpc) is 2.66. The van der Waals surface area contributed by atoms with Gasteiger partial charge in [0.15, 0.2) is 0 Å². The minimum Gasteiger partial charge on any atom is -0.497 e. The Morgan fingerprint density at radius 2 is 2.04 bits per heavy atom. The van der Waals surface area contributed by atoms with E-state index in [2.05, 4.69) is 29.3 Å². The Morgan fingerprint density at radius 3 is 2.81 bits per heavy atom. The number of amides is 1.